The average molecular weight is 296 g/mol. The molecule has 0 saturated carbocycles. The van der Waals surface area contributed by atoms with Gasteiger partial charge in [0.25, 0.3) is 0 Å². The Morgan fingerprint density at radius 1 is 1.19 bits per heavy atom. The molecule has 0 aromatic rings. The molecule has 2 fully saturated rings. The van der Waals surface area contributed by atoms with Gasteiger partial charge < -0.3 is 14.9 Å². The van der Waals surface area contributed by atoms with Gasteiger partial charge in [-0.15, -0.1) is 0 Å². The topological polar surface area (TPSA) is 77.9 Å². The lowest BCUT2D eigenvalue weighted by molar-refractivity contribution is -0.146. The van der Waals surface area contributed by atoms with Gasteiger partial charge in [-0.2, -0.15) is 0 Å². The van der Waals surface area contributed by atoms with Gasteiger partial charge in [0.1, 0.15) is 0 Å². The van der Waals surface area contributed by atoms with E-state index in [-0.39, 0.29) is 36.2 Å². The molecule has 1 N–H and O–H groups in total. The van der Waals surface area contributed by atoms with Crippen LogP contribution in [-0.4, -0.2) is 57.9 Å². The van der Waals surface area contributed by atoms with Crippen LogP contribution in [0.25, 0.3) is 0 Å². The SMILES string of the molecule is CC(C)(C)N1CC(C(=O)N2CCCC(C(=O)O)C2)CC1=O. The minimum atomic E-state index is -0.841. The number of amides is 2. The highest BCUT2D eigenvalue weighted by atomic mass is 16.4. The predicted molar refractivity (Wildman–Crippen MR) is 76.5 cm³/mol. The van der Waals surface area contributed by atoms with Crippen molar-refractivity contribution < 1.29 is 19.5 Å². The molecule has 2 aliphatic rings. The van der Waals surface area contributed by atoms with Crippen LogP contribution in [0.5, 0.6) is 0 Å². The minimum absolute atomic E-state index is 0.00708. The van der Waals surface area contributed by atoms with E-state index < -0.39 is 11.9 Å². The Hall–Kier alpha value is -1.59. The van der Waals surface area contributed by atoms with Crippen LogP contribution in [0.3, 0.4) is 0 Å². The number of carbonyl (C=O) groups is 3. The first kappa shape index (κ1) is 15.8. The molecule has 21 heavy (non-hydrogen) atoms. The van der Waals surface area contributed by atoms with Gasteiger partial charge in [0, 0.05) is 31.6 Å². The maximum Gasteiger partial charge on any atom is 0.308 e. The molecule has 2 rings (SSSR count). The summed E-state index contributed by atoms with van der Waals surface area (Å²) in [6.07, 6.45) is 1.58. The smallest absolute Gasteiger partial charge is 0.308 e. The molecule has 2 amide bonds. The highest BCUT2D eigenvalue weighted by molar-refractivity contribution is 5.90. The molecule has 0 bridgehead atoms. The summed E-state index contributed by atoms with van der Waals surface area (Å²) >= 11 is 0. The molecule has 2 saturated heterocycles. The fourth-order valence-corrected chi connectivity index (χ4v) is 3.16. The van der Waals surface area contributed by atoms with E-state index >= 15 is 0 Å². The Morgan fingerprint density at radius 2 is 1.86 bits per heavy atom. The zero-order chi connectivity index (χ0) is 15.8. The normalized spacial score (nSPS) is 27.1. The molecule has 6 heteroatoms. The van der Waals surface area contributed by atoms with Gasteiger partial charge in [-0.1, -0.05) is 0 Å². The fourth-order valence-electron chi connectivity index (χ4n) is 3.16. The number of carboxylic acids is 1. The van der Waals surface area contributed by atoms with E-state index in [2.05, 4.69) is 0 Å². The second kappa shape index (κ2) is 5.66. The van der Waals surface area contributed by atoms with E-state index in [1.165, 1.54) is 0 Å². The fraction of sp³-hybridized carbons (Fsp3) is 0.800. The molecule has 2 unspecified atom stereocenters. The third-order valence-electron chi connectivity index (χ3n) is 4.37. The molecule has 6 nitrogen and oxygen atoms in total. The lowest BCUT2D eigenvalue weighted by Gasteiger charge is -2.34. The largest absolute Gasteiger partial charge is 0.481 e. The second-order valence-electron chi connectivity index (χ2n) is 7.04. The van der Waals surface area contributed by atoms with E-state index in [0.29, 0.717) is 25.9 Å². The lowest BCUT2D eigenvalue weighted by Crippen LogP contribution is -2.46. The molecule has 0 radical (unpaired) electrons. The summed E-state index contributed by atoms with van der Waals surface area (Å²) in [7, 11) is 0. The highest BCUT2D eigenvalue weighted by Gasteiger charge is 2.41. The molecular formula is C15H24N2O4. The van der Waals surface area contributed by atoms with Gasteiger partial charge in [-0.05, 0) is 33.6 Å². The summed E-state index contributed by atoms with van der Waals surface area (Å²) in [5, 5.41) is 9.09. The summed E-state index contributed by atoms with van der Waals surface area (Å²) in [5.74, 6) is -1.71. The lowest BCUT2D eigenvalue weighted by atomic mass is 9.96. The molecular weight excluding hydrogens is 272 g/mol. The maximum atomic E-state index is 12.5. The molecule has 0 spiro atoms. The van der Waals surface area contributed by atoms with Crippen LogP contribution < -0.4 is 0 Å². The number of hydrogen-bond donors (Lipinski definition) is 1. The number of nitrogens with zero attached hydrogens (tertiary/aromatic N) is 2. The van der Waals surface area contributed by atoms with Crippen LogP contribution in [-0.2, 0) is 14.4 Å². The third kappa shape index (κ3) is 3.36. The summed E-state index contributed by atoms with van der Waals surface area (Å²) in [4.78, 5) is 39.0. The average Bonchev–Trinajstić information content (AvgIpc) is 2.80. The van der Waals surface area contributed by atoms with Gasteiger partial charge >= 0.3 is 5.97 Å². The highest BCUT2D eigenvalue weighted by Crippen LogP contribution is 2.28. The first-order chi connectivity index (χ1) is 9.70. The van der Waals surface area contributed by atoms with Crippen LogP contribution in [0, 0.1) is 11.8 Å². The van der Waals surface area contributed by atoms with Crippen molar-refractivity contribution in [1.82, 2.24) is 9.80 Å². The van der Waals surface area contributed by atoms with Crippen LogP contribution in [0.15, 0.2) is 0 Å². The molecule has 0 aliphatic carbocycles. The molecule has 2 atom stereocenters. The summed E-state index contributed by atoms with van der Waals surface area (Å²) in [6, 6.07) is 0. The predicted octanol–water partition coefficient (Wildman–Crippen LogP) is 0.957. The maximum absolute atomic E-state index is 12.5. The number of carboxylic acid groups (broad SMARTS) is 1. The Bertz CT molecular complexity index is 455. The summed E-state index contributed by atoms with van der Waals surface area (Å²) in [6.45, 7) is 7.18. The van der Waals surface area contributed by atoms with Crippen molar-refractivity contribution in [3.05, 3.63) is 0 Å². The zero-order valence-electron chi connectivity index (χ0n) is 13.0. The van der Waals surface area contributed by atoms with Gasteiger partial charge in [0.15, 0.2) is 0 Å². The van der Waals surface area contributed by atoms with E-state index in [4.69, 9.17) is 5.11 Å². The molecule has 0 aromatic heterocycles. The number of rotatable bonds is 2. The van der Waals surface area contributed by atoms with Crippen LogP contribution in [0.1, 0.15) is 40.0 Å². The number of likely N-dealkylation sites (tertiary alicyclic amines) is 2. The van der Waals surface area contributed by atoms with E-state index in [0.717, 1.165) is 0 Å². The Morgan fingerprint density at radius 3 is 2.38 bits per heavy atom. The van der Waals surface area contributed by atoms with Crippen molar-refractivity contribution in [2.45, 2.75) is 45.6 Å². The third-order valence-corrected chi connectivity index (χ3v) is 4.37. The molecule has 2 heterocycles. The van der Waals surface area contributed by atoms with Crippen LogP contribution in [0.4, 0.5) is 0 Å². The first-order valence-electron chi connectivity index (χ1n) is 7.52. The van der Waals surface area contributed by atoms with Crippen molar-refractivity contribution in [2.24, 2.45) is 11.8 Å². The van der Waals surface area contributed by atoms with Crippen molar-refractivity contribution in [1.29, 1.82) is 0 Å². The monoisotopic (exact) mass is 296 g/mol. The van der Waals surface area contributed by atoms with Gasteiger partial charge in [0.05, 0.1) is 11.8 Å². The molecule has 0 aromatic carbocycles. The summed E-state index contributed by atoms with van der Waals surface area (Å²) < 4.78 is 0. The number of hydrogen-bond acceptors (Lipinski definition) is 3. The van der Waals surface area contributed by atoms with E-state index in [1.807, 2.05) is 20.8 Å². The first-order valence-corrected chi connectivity index (χ1v) is 7.52. The van der Waals surface area contributed by atoms with Crippen molar-refractivity contribution >= 4 is 17.8 Å². The minimum Gasteiger partial charge on any atom is -0.481 e. The Balaban J connectivity index is 2.01. The quantitative estimate of drug-likeness (QED) is 0.823. The number of piperidine rings is 1. The van der Waals surface area contributed by atoms with E-state index in [9.17, 15) is 14.4 Å². The van der Waals surface area contributed by atoms with E-state index in [1.54, 1.807) is 9.80 Å². The van der Waals surface area contributed by atoms with Crippen molar-refractivity contribution in [3.63, 3.8) is 0 Å². The van der Waals surface area contributed by atoms with Gasteiger partial charge in [-0.25, -0.2) is 0 Å². The second-order valence-corrected chi connectivity index (χ2v) is 7.04. The van der Waals surface area contributed by atoms with Gasteiger partial charge in [-0.3, -0.25) is 14.4 Å². The number of carbonyl (C=O) groups excluding carboxylic acids is 2. The van der Waals surface area contributed by atoms with Gasteiger partial charge in [0.2, 0.25) is 11.8 Å². The molecule has 118 valence electrons. The standard InChI is InChI=1S/C15H24N2O4/c1-15(2,3)17-9-11(7-12(17)18)13(19)16-6-4-5-10(8-16)14(20)21/h10-11H,4-9H2,1-3H3,(H,20,21). The summed E-state index contributed by atoms with van der Waals surface area (Å²) in [5.41, 5.74) is -0.280. The Kier molecular flexibility index (Phi) is 4.25. The molecule has 2 aliphatic heterocycles. The number of aliphatic carboxylic acids is 1. The Labute approximate surface area is 125 Å². The van der Waals surface area contributed by atoms with Crippen LogP contribution in [0.2, 0.25) is 0 Å². The van der Waals surface area contributed by atoms with Crippen molar-refractivity contribution in [2.75, 3.05) is 19.6 Å². The van der Waals surface area contributed by atoms with Crippen molar-refractivity contribution in [3.8, 4) is 0 Å². The van der Waals surface area contributed by atoms with Crippen LogP contribution >= 0.6 is 0 Å². The zero-order valence-corrected chi connectivity index (χ0v) is 13.0.